The molecule has 0 saturated heterocycles. The van der Waals surface area contributed by atoms with Gasteiger partial charge >= 0.3 is 0 Å². The highest BCUT2D eigenvalue weighted by atomic mass is 79.9. The van der Waals surface area contributed by atoms with E-state index in [1.54, 1.807) is 0 Å². The molecule has 1 aliphatic rings. The maximum atomic E-state index is 12.7. The van der Waals surface area contributed by atoms with Crippen molar-refractivity contribution >= 4 is 21.8 Å². The molecule has 3 nitrogen and oxygen atoms in total. The maximum Gasteiger partial charge on any atom is 0.254 e. The lowest BCUT2D eigenvalue weighted by Gasteiger charge is -2.20. The molecule has 1 amide bonds. The van der Waals surface area contributed by atoms with Crippen molar-refractivity contribution in [1.29, 1.82) is 0 Å². The predicted octanol–water partition coefficient (Wildman–Crippen LogP) is 3.79. The number of fused-ring (bicyclic) bond motifs is 1. The minimum Gasteiger partial charge on any atom is -0.491 e. The number of carbonyl (C=O) groups is 1. The molecule has 0 bridgehead atoms. The summed E-state index contributed by atoms with van der Waals surface area (Å²) in [4.78, 5) is 14.5. The summed E-state index contributed by atoms with van der Waals surface area (Å²) in [5, 5.41) is 0. The third-order valence-electron chi connectivity index (χ3n) is 3.64. The van der Waals surface area contributed by atoms with Crippen LogP contribution in [0.2, 0.25) is 0 Å². The van der Waals surface area contributed by atoms with Gasteiger partial charge in [-0.1, -0.05) is 34.1 Å². The molecule has 1 aliphatic heterocycles. The molecule has 2 aromatic rings. The zero-order valence-electron chi connectivity index (χ0n) is 11.8. The van der Waals surface area contributed by atoms with Crippen LogP contribution >= 0.6 is 15.9 Å². The van der Waals surface area contributed by atoms with Crippen molar-refractivity contribution < 1.29 is 9.53 Å². The molecule has 4 heteroatoms. The topological polar surface area (TPSA) is 29.5 Å². The first-order valence-corrected chi connectivity index (χ1v) is 7.70. The van der Waals surface area contributed by atoms with E-state index in [1.165, 1.54) is 0 Å². The van der Waals surface area contributed by atoms with Crippen LogP contribution in [0.15, 0.2) is 46.9 Å². The lowest BCUT2D eigenvalue weighted by atomic mass is 10.1. The van der Waals surface area contributed by atoms with E-state index in [0.29, 0.717) is 19.7 Å². The van der Waals surface area contributed by atoms with Crippen LogP contribution in [0.25, 0.3) is 0 Å². The Morgan fingerprint density at radius 1 is 1.24 bits per heavy atom. The van der Waals surface area contributed by atoms with E-state index in [1.807, 2.05) is 54.3 Å². The fourth-order valence-corrected chi connectivity index (χ4v) is 2.71. The molecule has 0 spiro atoms. The highest BCUT2D eigenvalue weighted by Crippen LogP contribution is 2.24. The van der Waals surface area contributed by atoms with Gasteiger partial charge in [-0.15, -0.1) is 0 Å². The SMILES string of the molecule is Cc1cc(C(=O)N2CCOc3ccccc3C2)ccc1Br. The summed E-state index contributed by atoms with van der Waals surface area (Å²) in [6, 6.07) is 13.6. The first-order chi connectivity index (χ1) is 10.1. The van der Waals surface area contributed by atoms with E-state index in [-0.39, 0.29) is 5.91 Å². The summed E-state index contributed by atoms with van der Waals surface area (Å²) < 4.78 is 6.72. The molecule has 21 heavy (non-hydrogen) atoms. The zero-order valence-corrected chi connectivity index (χ0v) is 13.4. The highest BCUT2D eigenvalue weighted by molar-refractivity contribution is 9.10. The van der Waals surface area contributed by atoms with Gasteiger partial charge in [-0.2, -0.15) is 0 Å². The van der Waals surface area contributed by atoms with Gasteiger partial charge < -0.3 is 9.64 Å². The fourth-order valence-electron chi connectivity index (χ4n) is 2.46. The molecule has 2 aromatic carbocycles. The minimum absolute atomic E-state index is 0.0471. The van der Waals surface area contributed by atoms with Crippen molar-refractivity contribution in [3.05, 3.63) is 63.6 Å². The van der Waals surface area contributed by atoms with E-state index in [2.05, 4.69) is 15.9 Å². The number of halogens is 1. The maximum absolute atomic E-state index is 12.7. The van der Waals surface area contributed by atoms with E-state index in [4.69, 9.17) is 4.74 Å². The monoisotopic (exact) mass is 345 g/mol. The normalized spacial score (nSPS) is 14.1. The van der Waals surface area contributed by atoms with Gasteiger partial charge in [0, 0.05) is 22.1 Å². The van der Waals surface area contributed by atoms with Crippen LogP contribution in [-0.4, -0.2) is 24.0 Å². The van der Waals surface area contributed by atoms with Gasteiger partial charge in [0.15, 0.2) is 0 Å². The molecule has 0 fully saturated rings. The molecule has 0 aromatic heterocycles. The van der Waals surface area contributed by atoms with Crippen molar-refractivity contribution in [2.24, 2.45) is 0 Å². The van der Waals surface area contributed by atoms with Gasteiger partial charge in [-0.05, 0) is 36.8 Å². The molecule has 3 rings (SSSR count). The first kappa shape index (κ1) is 14.1. The smallest absolute Gasteiger partial charge is 0.254 e. The number of hydrogen-bond donors (Lipinski definition) is 0. The van der Waals surface area contributed by atoms with Crippen LogP contribution in [0.3, 0.4) is 0 Å². The average molecular weight is 346 g/mol. The number of aryl methyl sites for hydroxylation is 1. The van der Waals surface area contributed by atoms with E-state index in [0.717, 1.165) is 26.9 Å². The molecule has 0 atom stereocenters. The number of nitrogens with zero attached hydrogens (tertiary/aromatic N) is 1. The van der Waals surface area contributed by atoms with Crippen molar-refractivity contribution in [3.63, 3.8) is 0 Å². The summed E-state index contributed by atoms with van der Waals surface area (Å²) in [6.07, 6.45) is 0. The highest BCUT2D eigenvalue weighted by Gasteiger charge is 2.21. The summed E-state index contributed by atoms with van der Waals surface area (Å²) in [7, 11) is 0. The Morgan fingerprint density at radius 2 is 2.05 bits per heavy atom. The first-order valence-electron chi connectivity index (χ1n) is 6.91. The predicted molar refractivity (Wildman–Crippen MR) is 85.6 cm³/mol. The quantitative estimate of drug-likeness (QED) is 0.786. The average Bonchev–Trinajstić information content (AvgIpc) is 2.71. The van der Waals surface area contributed by atoms with Gasteiger partial charge in [0.2, 0.25) is 0 Å². The second-order valence-corrected chi connectivity index (χ2v) is 6.00. The Morgan fingerprint density at radius 3 is 2.86 bits per heavy atom. The molecular formula is C17H16BrNO2. The Labute approximate surface area is 132 Å². The molecule has 0 N–H and O–H groups in total. The lowest BCUT2D eigenvalue weighted by molar-refractivity contribution is 0.0733. The van der Waals surface area contributed by atoms with Crippen LogP contribution in [0.5, 0.6) is 5.75 Å². The standard InChI is InChI=1S/C17H16BrNO2/c1-12-10-13(6-7-15(12)18)17(20)19-8-9-21-16-5-3-2-4-14(16)11-19/h2-7,10H,8-9,11H2,1H3. The van der Waals surface area contributed by atoms with Gasteiger partial charge in [-0.3, -0.25) is 4.79 Å². The third-order valence-corrected chi connectivity index (χ3v) is 4.53. The Balaban J connectivity index is 1.86. The molecule has 1 heterocycles. The summed E-state index contributed by atoms with van der Waals surface area (Å²) in [5.74, 6) is 0.922. The van der Waals surface area contributed by atoms with Crippen molar-refractivity contribution in [2.45, 2.75) is 13.5 Å². The van der Waals surface area contributed by atoms with Crippen molar-refractivity contribution in [1.82, 2.24) is 4.90 Å². The number of rotatable bonds is 1. The Bertz CT molecular complexity index is 684. The van der Waals surface area contributed by atoms with Crippen LogP contribution < -0.4 is 4.74 Å². The second-order valence-electron chi connectivity index (χ2n) is 5.15. The van der Waals surface area contributed by atoms with Gasteiger partial charge in [-0.25, -0.2) is 0 Å². The summed E-state index contributed by atoms with van der Waals surface area (Å²) in [5.41, 5.74) is 2.83. The zero-order chi connectivity index (χ0) is 14.8. The lowest BCUT2D eigenvalue weighted by Crippen LogP contribution is -2.32. The van der Waals surface area contributed by atoms with E-state index in [9.17, 15) is 4.79 Å². The number of benzene rings is 2. The van der Waals surface area contributed by atoms with Crippen LogP contribution in [0.4, 0.5) is 0 Å². The second kappa shape index (κ2) is 5.90. The van der Waals surface area contributed by atoms with Crippen molar-refractivity contribution in [2.75, 3.05) is 13.2 Å². The third kappa shape index (κ3) is 2.95. The Hall–Kier alpha value is -1.81. The van der Waals surface area contributed by atoms with Crippen molar-refractivity contribution in [3.8, 4) is 5.75 Å². The number of carbonyl (C=O) groups excluding carboxylic acids is 1. The van der Waals surface area contributed by atoms with Crippen LogP contribution in [0.1, 0.15) is 21.5 Å². The number of amides is 1. The largest absolute Gasteiger partial charge is 0.491 e. The van der Waals surface area contributed by atoms with Gasteiger partial charge in [0.05, 0.1) is 6.54 Å². The number of hydrogen-bond acceptors (Lipinski definition) is 2. The molecule has 0 aliphatic carbocycles. The Kier molecular flexibility index (Phi) is 3.97. The molecule has 0 saturated carbocycles. The summed E-state index contributed by atoms with van der Waals surface area (Å²) >= 11 is 3.46. The van der Waals surface area contributed by atoms with E-state index < -0.39 is 0 Å². The molecule has 0 radical (unpaired) electrons. The molecule has 0 unspecified atom stereocenters. The minimum atomic E-state index is 0.0471. The van der Waals surface area contributed by atoms with Crippen LogP contribution in [0, 0.1) is 6.92 Å². The number of para-hydroxylation sites is 1. The summed E-state index contributed by atoms with van der Waals surface area (Å²) in [6.45, 7) is 3.70. The number of ether oxygens (including phenoxy) is 1. The fraction of sp³-hybridized carbons (Fsp3) is 0.235. The van der Waals surface area contributed by atoms with Crippen LogP contribution in [-0.2, 0) is 6.54 Å². The van der Waals surface area contributed by atoms with Gasteiger partial charge in [0.25, 0.3) is 5.91 Å². The molecular weight excluding hydrogens is 330 g/mol. The molecule has 108 valence electrons. The van der Waals surface area contributed by atoms with E-state index >= 15 is 0 Å². The van der Waals surface area contributed by atoms with Gasteiger partial charge in [0.1, 0.15) is 12.4 Å².